The first-order chi connectivity index (χ1) is 13.0. The molecule has 0 radical (unpaired) electrons. The molecule has 5 heteroatoms. The van der Waals surface area contributed by atoms with Crippen LogP contribution in [0.15, 0.2) is 48.5 Å². The van der Waals surface area contributed by atoms with Gasteiger partial charge < -0.3 is 15.2 Å². The van der Waals surface area contributed by atoms with Crippen LogP contribution in [-0.2, 0) is 16.1 Å². The summed E-state index contributed by atoms with van der Waals surface area (Å²) in [5.74, 6) is -0.513. The molecule has 1 aliphatic carbocycles. The second-order valence-electron chi connectivity index (χ2n) is 7.12. The number of hydrogen-bond acceptors (Lipinski definition) is 3. The minimum absolute atomic E-state index is 0.165. The van der Waals surface area contributed by atoms with E-state index in [9.17, 15) is 14.7 Å². The second kappa shape index (κ2) is 8.71. The van der Waals surface area contributed by atoms with Gasteiger partial charge in [-0.25, -0.2) is 0 Å². The summed E-state index contributed by atoms with van der Waals surface area (Å²) in [6.07, 6.45) is 3.01. The number of aliphatic carboxylic acids is 1. The molecule has 0 spiro atoms. The molecular weight excluding hydrogens is 342 g/mol. The predicted molar refractivity (Wildman–Crippen MR) is 103 cm³/mol. The summed E-state index contributed by atoms with van der Waals surface area (Å²) in [5.41, 5.74) is 2.08. The van der Waals surface area contributed by atoms with Crippen molar-refractivity contribution < 1.29 is 19.4 Å². The molecule has 1 saturated carbocycles. The van der Waals surface area contributed by atoms with Crippen molar-refractivity contribution in [2.75, 3.05) is 0 Å². The Bertz CT molecular complexity index is 800. The molecule has 0 bridgehead atoms. The van der Waals surface area contributed by atoms with Crippen molar-refractivity contribution >= 4 is 11.9 Å². The Hall–Kier alpha value is -2.82. The zero-order valence-electron chi connectivity index (χ0n) is 15.5. The number of ether oxygens (including phenoxy) is 1. The molecule has 2 aromatic rings. The van der Waals surface area contributed by atoms with Crippen molar-refractivity contribution in [2.45, 2.75) is 39.2 Å². The van der Waals surface area contributed by atoms with Crippen molar-refractivity contribution in [1.29, 1.82) is 0 Å². The molecular formula is C22H25NO4. The van der Waals surface area contributed by atoms with Gasteiger partial charge in [-0.2, -0.15) is 0 Å². The molecule has 0 aliphatic heterocycles. The number of carbonyl (C=O) groups excluding carboxylic acids is 1. The van der Waals surface area contributed by atoms with Crippen LogP contribution in [0.3, 0.4) is 0 Å². The van der Waals surface area contributed by atoms with Crippen LogP contribution >= 0.6 is 0 Å². The molecule has 2 unspecified atom stereocenters. The van der Waals surface area contributed by atoms with Gasteiger partial charge in [0.25, 0.3) is 0 Å². The fraction of sp³-hybridized carbons (Fsp3) is 0.364. The van der Waals surface area contributed by atoms with E-state index in [2.05, 4.69) is 5.32 Å². The third-order valence-electron chi connectivity index (χ3n) is 5.04. The maximum Gasteiger partial charge on any atom is 0.307 e. The lowest BCUT2D eigenvalue weighted by Gasteiger charge is -2.27. The first-order valence-corrected chi connectivity index (χ1v) is 9.37. The highest BCUT2D eigenvalue weighted by atomic mass is 16.5. The number of amides is 1. The van der Waals surface area contributed by atoms with E-state index in [1.54, 1.807) is 0 Å². The number of carbonyl (C=O) groups is 2. The van der Waals surface area contributed by atoms with Gasteiger partial charge in [-0.3, -0.25) is 9.59 Å². The average molecular weight is 367 g/mol. The lowest BCUT2D eigenvalue weighted by atomic mass is 9.78. The van der Waals surface area contributed by atoms with Gasteiger partial charge in [0.15, 0.2) is 0 Å². The number of rotatable bonds is 6. The van der Waals surface area contributed by atoms with Crippen LogP contribution in [0.5, 0.6) is 11.5 Å². The zero-order chi connectivity index (χ0) is 19.2. The van der Waals surface area contributed by atoms with Crippen LogP contribution < -0.4 is 10.1 Å². The van der Waals surface area contributed by atoms with Crippen LogP contribution in [-0.4, -0.2) is 17.0 Å². The van der Waals surface area contributed by atoms with Gasteiger partial charge in [0.1, 0.15) is 11.5 Å². The SMILES string of the molecule is Cc1cccc(Oc2ccc(CNC(=O)C3CCCCC3C(=O)O)cc2)c1. The van der Waals surface area contributed by atoms with Crippen LogP contribution in [0.4, 0.5) is 0 Å². The number of hydrogen-bond donors (Lipinski definition) is 2. The minimum atomic E-state index is -0.868. The largest absolute Gasteiger partial charge is 0.481 e. The first kappa shape index (κ1) is 19.0. The van der Waals surface area contributed by atoms with E-state index in [-0.39, 0.29) is 5.91 Å². The highest BCUT2D eigenvalue weighted by Gasteiger charge is 2.35. The van der Waals surface area contributed by atoms with Crippen molar-refractivity contribution in [1.82, 2.24) is 5.32 Å². The third-order valence-corrected chi connectivity index (χ3v) is 5.04. The number of nitrogens with one attached hydrogen (secondary N) is 1. The van der Waals surface area contributed by atoms with Gasteiger partial charge in [0.2, 0.25) is 5.91 Å². The van der Waals surface area contributed by atoms with Gasteiger partial charge in [0.05, 0.1) is 11.8 Å². The van der Waals surface area contributed by atoms with Crippen molar-refractivity contribution in [3.63, 3.8) is 0 Å². The van der Waals surface area contributed by atoms with E-state index in [1.165, 1.54) is 0 Å². The molecule has 2 N–H and O–H groups in total. The van der Waals surface area contributed by atoms with Crippen LogP contribution in [0.2, 0.25) is 0 Å². The predicted octanol–water partition coefficient (Wildman–Crippen LogP) is 4.29. The van der Waals surface area contributed by atoms with E-state index in [0.717, 1.165) is 35.5 Å². The molecule has 1 amide bonds. The summed E-state index contributed by atoms with van der Waals surface area (Å²) in [5, 5.41) is 12.2. The molecule has 0 aromatic heterocycles. The van der Waals surface area contributed by atoms with E-state index in [0.29, 0.717) is 19.4 Å². The topological polar surface area (TPSA) is 75.6 Å². The Morgan fingerprint density at radius 3 is 2.41 bits per heavy atom. The highest BCUT2D eigenvalue weighted by molar-refractivity contribution is 5.84. The molecule has 5 nitrogen and oxygen atoms in total. The number of carboxylic acid groups (broad SMARTS) is 1. The fourth-order valence-corrected chi connectivity index (χ4v) is 3.55. The summed E-state index contributed by atoms with van der Waals surface area (Å²) >= 11 is 0. The maximum atomic E-state index is 12.4. The number of benzene rings is 2. The highest BCUT2D eigenvalue weighted by Crippen LogP contribution is 2.30. The Morgan fingerprint density at radius 2 is 1.74 bits per heavy atom. The lowest BCUT2D eigenvalue weighted by molar-refractivity contribution is -0.148. The molecule has 142 valence electrons. The monoisotopic (exact) mass is 367 g/mol. The van der Waals surface area contributed by atoms with E-state index >= 15 is 0 Å². The summed E-state index contributed by atoms with van der Waals surface area (Å²) in [6, 6.07) is 15.4. The van der Waals surface area contributed by atoms with Crippen LogP contribution in [0, 0.1) is 18.8 Å². The van der Waals surface area contributed by atoms with Gasteiger partial charge >= 0.3 is 5.97 Å². The normalized spacial score (nSPS) is 19.3. The fourth-order valence-electron chi connectivity index (χ4n) is 3.55. The lowest BCUT2D eigenvalue weighted by Crippen LogP contribution is -2.39. The summed E-state index contributed by atoms with van der Waals surface area (Å²) in [6.45, 7) is 2.40. The standard InChI is InChI=1S/C22H25NO4/c1-15-5-4-6-18(13-15)27-17-11-9-16(10-12-17)14-23-21(24)19-7-2-3-8-20(19)22(25)26/h4-6,9-13,19-20H,2-3,7-8,14H2,1H3,(H,23,24)(H,25,26). The van der Waals surface area contributed by atoms with Gasteiger partial charge in [-0.15, -0.1) is 0 Å². The Kier molecular flexibility index (Phi) is 6.12. The third kappa shape index (κ3) is 5.09. The smallest absolute Gasteiger partial charge is 0.307 e. The van der Waals surface area contributed by atoms with Gasteiger partial charge in [0, 0.05) is 6.54 Å². The molecule has 2 atom stereocenters. The van der Waals surface area contributed by atoms with Crippen molar-refractivity contribution in [3.8, 4) is 11.5 Å². The van der Waals surface area contributed by atoms with Gasteiger partial charge in [-0.05, 0) is 55.2 Å². The van der Waals surface area contributed by atoms with E-state index < -0.39 is 17.8 Å². The number of aryl methyl sites for hydroxylation is 1. The minimum Gasteiger partial charge on any atom is -0.481 e. The van der Waals surface area contributed by atoms with Crippen molar-refractivity contribution in [3.05, 3.63) is 59.7 Å². The van der Waals surface area contributed by atoms with E-state index in [1.807, 2.05) is 55.5 Å². The quantitative estimate of drug-likeness (QED) is 0.798. The molecule has 1 aliphatic rings. The molecule has 0 saturated heterocycles. The first-order valence-electron chi connectivity index (χ1n) is 9.37. The van der Waals surface area contributed by atoms with Gasteiger partial charge in [-0.1, -0.05) is 37.1 Å². The Morgan fingerprint density at radius 1 is 1.04 bits per heavy atom. The summed E-state index contributed by atoms with van der Waals surface area (Å²) < 4.78 is 5.82. The Labute approximate surface area is 159 Å². The molecule has 3 rings (SSSR count). The molecule has 2 aromatic carbocycles. The average Bonchev–Trinajstić information content (AvgIpc) is 2.67. The second-order valence-corrected chi connectivity index (χ2v) is 7.12. The van der Waals surface area contributed by atoms with E-state index in [4.69, 9.17) is 4.74 Å². The summed E-state index contributed by atoms with van der Waals surface area (Å²) in [7, 11) is 0. The molecule has 0 heterocycles. The molecule has 27 heavy (non-hydrogen) atoms. The summed E-state index contributed by atoms with van der Waals surface area (Å²) in [4.78, 5) is 23.8. The van der Waals surface area contributed by atoms with Crippen LogP contribution in [0.25, 0.3) is 0 Å². The number of carboxylic acids is 1. The van der Waals surface area contributed by atoms with Crippen molar-refractivity contribution in [2.24, 2.45) is 11.8 Å². The molecule has 1 fully saturated rings. The Balaban J connectivity index is 1.55. The van der Waals surface area contributed by atoms with Crippen LogP contribution in [0.1, 0.15) is 36.8 Å². The maximum absolute atomic E-state index is 12.4. The zero-order valence-corrected chi connectivity index (χ0v) is 15.5.